The van der Waals surface area contributed by atoms with Crippen LogP contribution in [-0.2, 0) is 0 Å². The minimum Gasteiger partial charge on any atom is -0.486 e. The maximum absolute atomic E-state index is 12.7. The summed E-state index contributed by atoms with van der Waals surface area (Å²) >= 11 is 0. The van der Waals surface area contributed by atoms with Gasteiger partial charge in [0.05, 0.1) is 13.1 Å². The molecule has 2 aromatic heterocycles. The first kappa shape index (κ1) is 14.8. The summed E-state index contributed by atoms with van der Waals surface area (Å²) in [5.41, 5.74) is 4.01. The Morgan fingerprint density at radius 2 is 1.75 bits per heavy atom. The van der Waals surface area contributed by atoms with Gasteiger partial charge in [-0.1, -0.05) is 24.3 Å². The first-order chi connectivity index (χ1) is 11.6. The number of fused-ring (bicyclic) bond motifs is 1. The third-order valence-electron chi connectivity index (χ3n) is 4.61. The van der Waals surface area contributed by atoms with Crippen LogP contribution in [0.2, 0.25) is 0 Å². The highest BCUT2D eigenvalue weighted by Gasteiger charge is 2.34. The Hall–Kier alpha value is -2.75. The van der Waals surface area contributed by atoms with Gasteiger partial charge in [0.1, 0.15) is 17.5 Å². The SMILES string of the molecule is Cc1cccc(C)c1OC1CN(C(=O)c2ccc3ccccn23)C1. The molecule has 1 amide bonds. The summed E-state index contributed by atoms with van der Waals surface area (Å²) in [6, 6.07) is 15.9. The number of aryl methyl sites for hydroxylation is 2. The fourth-order valence-corrected chi connectivity index (χ4v) is 3.22. The second-order valence-corrected chi connectivity index (χ2v) is 6.39. The van der Waals surface area contributed by atoms with E-state index in [0.717, 1.165) is 22.4 Å². The lowest BCUT2D eigenvalue weighted by Gasteiger charge is -2.39. The molecule has 3 heterocycles. The molecular weight excluding hydrogens is 300 g/mol. The molecule has 1 fully saturated rings. The van der Waals surface area contributed by atoms with E-state index in [0.29, 0.717) is 18.8 Å². The minimum atomic E-state index is 0.0579. The van der Waals surface area contributed by atoms with Crippen LogP contribution in [0.25, 0.3) is 5.52 Å². The quantitative estimate of drug-likeness (QED) is 0.740. The lowest BCUT2D eigenvalue weighted by Crippen LogP contribution is -2.56. The van der Waals surface area contributed by atoms with Gasteiger partial charge in [-0.15, -0.1) is 0 Å². The summed E-state index contributed by atoms with van der Waals surface area (Å²) < 4.78 is 8.03. The molecular formula is C20H20N2O2. The summed E-state index contributed by atoms with van der Waals surface area (Å²) in [6.45, 7) is 5.37. The third-order valence-corrected chi connectivity index (χ3v) is 4.61. The number of amides is 1. The summed E-state index contributed by atoms with van der Waals surface area (Å²) in [7, 11) is 0. The van der Waals surface area contributed by atoms with Crippen LogP contribution in [0.5, 0.6) is 5.75 Å². The average Bonchev–Trinajstić information content (AvgIpc) is 2.96. The van der Waals surface area contributed by atoms with E-state index in [1.165, 1.54) is 0 Å². The van der Waals surface area contributed by atoms with Crippen LogP contribution in [0.3, 0.4) is 0 Å². The maximum Gasteiger partial charge on any atom is 0.271 e. The predicted molar refractivity (Wildman–Crippen MR) is 93.6 cm³/mol. The number of ether oxygens (including phenoxy) is 1. The van der Waals surface area contributed by atoms with Crippen molar-refractivity contribution in [1.82, 2.24) is 9.30 Å². The highest BCUT2D eigenvalue weighted by molar-refractivity contribution is 5.94. The summed E-state index contributed by atoms with van der Waals surface area (Å²) in [5, 5.41) is 0. The molecule has 1 aliphatic rings. The molecule has 0 aliphatic carbocycles. The number of pyridine rings is 1. The summed E-state index contributed by atoms with van der Waals surface area (Å²) in [5.74, 6) is 1.00. The van der Waals surface area contributed by atoms with Crippen molar-refractivity contribution < 1.29 is 9.53 Å². The molecule has 0 spiro atoms. The van der Waals surface area contributed by atoms with E-state index in [1.54, 1.807) is 0 Å². The van der Waals surface area contributed by atoms with Crippen molar-refractivity contribution >= 4 is 11.4 Å². The van der Waals surface area contributed by atoms with Gasteiger partial charge in [0.25, 0.3) is 5.91 Å². The monoisotopic (exact) mass is 320 g/mol. The molecule has 0 N–H and O–H groups in total. The van der Waals surface area contributed by atoms with E-state index >= 15 is 0 Å². The van der Waals surface area contributed by atoms with Crippen molar-refractivity contribution in [3.05, 3.63) is 71.5 Å². The normalized spacial score (nSPS) is 14.7. The average molecular weight is 320 g/mol. The largest absolute Gasteiger partial charge is 0.486 e. The zero-order chi connectivity index (χ0) is 16.7. The van der Waals surface area contributed by atoms with Crippen molar-refractivity contribution in [1.29, 1.82) is 0 Å². The van der Waals surface area contributed by atoms with E-state index in [4.69, 9.17) is 4.74 Å². The number of rotatable bonds is 3. The number of benzene rings is 1. The van der Waals surface area contributed by atoms with Crippen LogP contribution in [0.1, 0.15) is 21.6 Å². The Balaban J connectivity index is 1.45. The maximum atomic E-state index is 12.7. The van der Waals surface area contributed by atoms with Crippen LogP contribution in [0.15, 0.2) is 54.7 Å². The molecule has 24 heavy (non-hydrogen) atoms. The van der Waals surface area contributed by atoms with Gasteiger partial charge in [0.2, 0.25) is 0 Å². The van der Waals surface area contributed by atoms with Crippen LogP contribution >= 0.6 is 0 Å². The van der Waals surface area contributed by atoms with Crippen LogP contribution < -0.4 is 4.74 Å². The van der Waals surface area contributed by atoms with Gasteiger partial charge in [-0.05, 0) is 49.2 Å². The van der Waals surface area contributed by atoms with Crippen LogP contribution in [0.4, 0.5) is 0 Å². The van der Waals surface area contributed by atoms with Gasteiger partial charge < -0.3 is 14.0 Å². The zero-order valence-electron chi connectivity index (χ0n) is 13.9. The van der Waals surface area contributed by atoms with E-state index in [1.807, 2.05) is 51.9 Å². The molecule has 4 heteroatoms. The molecule has 4 rings (SSSR count). The molecule has 1 saturated heterocycles. The summed E-state index contributed by atoms with van der Waals surface area (Å²) in [6.07, 6.45) is 1.99. The number of para-hydroxylation sites is 1. The van der Waals surface area contributed by atoms with Crippen LogP contribution in [0, 0.1) is 13.8 Å². The van der Waals surface area contributed by atoms with Gasteiger partial charge >= 0.3 is 0 Å². The standard InChI is InChI=1S/C20H20N2O2/c1-14-6-5-7-15(2)19(14)24-17-12-21(13-17)20(23)18-10-9-16-8-3-4-11-22(16)18/h3-11,17H,12-13H2,1-2H3. The van der Waals surface area contributed by atoms with E-state index < -0.39 is 0 Å². The molecule has 3 aromatic rings. The number of aromatic nitrogens is 1. The second-order valence-electron chi connectivity index (χ2n) is 6.39. The highest BCUT2D eigenvalue weighted by Crippen LogP contribution is 2.26. The number of nitrogens with zero attached hydrogens (tertiary/aromatic N) is 2. The predicted octanol–water partition coefficient (Wildman–Crippen LogP) is 3.46. The minimum absolute atomic E-state index is 0.0579. The third kappa shape index (κ3) is 2.44. The highest BCUT2D eigenvalue weighted by atomic mass is 16.5. The van der Waals surface area contributed by atoms with Gasteiger partial charge in [-0.3, -0.25) is 4.79 Å². The van der Waals surface area contributed by atoms with Gasteiger partial charge in [0.15, 0.2) is 0 Å². The van der Waals surface area contributed by atoms with Crippen molar-refractivity contribution in [2.45, 2.75) is 20.0 Å². The zero-order valence-corrected chi connectivity index (χ0v) is 13.9. The number of hydrogen-bond donors (Lipinski definition) is 0. The Labute approximate surface area is 141 Å². The molecule has 0 bridgehead atoms. The molecule has 0 radical (unpaired) electrons. The number of carbonyl (C=O) groups excluding carboxylic acids is 1. The number of hydrogen-bond acceptors (Lipinski definition) is 2. The Morgan fingerprint density at radius 1 is 1.00 bits per heavy atom. The fraction of sp³-hybridized carbons (Fsp3) is 0.250. The number of likely N-dealkylation sites (tertiary alicyclic amines) is 1. The molecule has 0 atom stereocenters. The Bertz CT molecular complexity index is 887. The fourth-order valence-electron chi connectivity index (χ4n) is 3.22. The topological polar surface area (TPSA) is 34.0 Å². The van der Waals surface area contributed by atoms with E-state index in [9.17, 15) is 4.79 Å². The Kier molecular flexibility index (Phi) is 3.53. The van der Waals surface area contributed by atoms with Gasteiger partial charge in [-0.2, -0.15) is 0 Å². The van der Waals surface area contributed by atoms with Gasteiger partial charge in [0, 0.05) is 11.7 Å². The first-order valence-corrected chi connectivity index (χ1v) is 8.22. The summed E-state index contributed by atoms with van der Waals surface area (Å²) in [4.78, 5) is 14.5. The lowest BCUT2D eigenvalue weighted by atomic mass is 10.1. The van der Waals surface area contributed by atoms with Crippen LogP contribution in [-0.4, -0.2) is 34.4 Å². The molecule has 122 valence electrons. The Morgan fingerprint density at radius 3 is 2.50 bits per heavy atom. The van der Waals surface area contributed by atoms with Crippen molar-refractivity contribution in [2.75, 3.05) is 13.1 Å². The van der Waals surface area contributed by atoms with Crippen molar-refractivity contribution in [3.8, 4) is 5.75 Å². The molecule has 0 unspecified atom stereocenters. The van der Waals surface area contributed by atoms with Crippen molar-refractivity contribution in [3.63, 3.8) is 0 Å². The smallest absolute Gasteiger partial charge is 0.271 e. The lowest BCUT2D eigenvalue weighted by molar-refractivity contribution is 0.0168. The number of carbonyl (C=O) groups is 1. The molecule has 1 aromatic carbocycles. The van der Waals surface area contributed by atoms with Crippen molar-refractivity contribution in [2.24, 2.45) is 0 Å². The second kappa shape index (κ2) is 5.71. The van der Waals surface area contributed by atoms with E-state index in [2.05, 4.69) is 26.0 Å². The first-order valence-electron chi connectivity index (χ1n) is 8.22. The van der Waals surface area contributed by atoms with Gasteiger partial charge in [-0.25, -0.2) is 0 Å². The molecule has 0 saturated carbocycles. The molecule has 4 nitrogen and oxygen atoms in total. The molecule has 1 aliphatic heterocycles. The van der Waals surface area contributed by atoms with E-state index in [-0.39, 0.29) is 12.0 Å².